The summed E-state index contributed by atoms with van der Waals surface area (Å²) in [6.45, 7) is 1.89. The number of carbonyl (C=O) groups is 1. The third kappa shape index (κ3) is 3.86. The number of benzene rings is 1. The highest BCUT2D eigenvalue weighted by Crippen LogP contribution is 2.22. The van der Waals surface area contributed by atoms with E-state index in [0.29, 0.717) is 12.8 Å². The number of aromatic nitrogens is 1. The highest BCUT2D eigenvalue weighted by atomic mass is 32.1. The zero-order chi connectivity index (χ0) is 13.8. The molecule has 0 spiro atoms. The minimum Gasteiger partial charge on any atom is -0.481 e. The minimum atomic E-state index is -0.798. The maximum Gasteiger partial charge on any atom is 0.303 e. The fourth-order valence-corrected chi connectivity index (χ4v) is 2.90. The molecule has 5 heteroatoms. The van der Waals surface area contributed by atoms with Gasteiger partial charge in [0.1, 0.15) is 5.82 Å². The summed E-state index contributed by atoms with van der Waals surface area (Å²) in [5.41, 5.74) is 1.89. The van der Waals surface area contributed by atoms with E-state index in [-0.39, 0.29) is 12.2 Å². The van der Waals surface area contributed by atoms with E-state index in [9.17, 15) is 9.18 Å². The van der Waals surface area contributed by atoms with Crippen LogP contribution in [0.15, 0.2) is 24.3 Å². The predicted octanol–water partition coefficient (Wildman–Crippen LogP) is 3.20. The zero-order valence-electron chi connectivity index (χ0n) is 10.5. The van der Waals surface area contributed by atoms with Crippen LogP contribution in [-0.2, 0) is 17.6 Å². The number of rotatable bonds is 5. The van der Waals surface area contributed by atoms with E-state index in [1.165, 1.54) is 23.5 Å². The molecule has 1 aromatic carbocycles. The van der Waals surface area contributed by atoms with Gasteiger partial charge in [-0.15, -0.1) is 11.3 Å². The van der Waals surface area contributed by atoms with Gasteiger partial charge in [0.25, 0.3) is 0 Å². The van der Waals surface area contributed by atoms with Crippen LogP contribution in [-0.4, -0.2) is 16.1 Å². The molecule has 0 radical (unpaired) electrons. The number of thiazole rings is 1. The topological polar surface area (TPSA) is 50.2 Å². The molecule has 0 aliphatic rings. The number of aliphatic carboxylic acids is 1. The number of nitrogens with zero attached hydrogens (tertiary/aromatic N) is 1. The number of hydrogen-bond donors (Lipinski definition) is 1. The Hall–Kier alpha value is -1.75. The van der Waals surface area contributed by atoms with E-state index in [2.05, 4.69) is 4.98 Å². The third-order valence-electron chi connectivity index (χ3n) is 2.77. The van der Waals surface area contributed by atoms with Gasteiger partial charge >= 0.3 is 5.97 Å². The Balaban J connectivity index is 2.07. The van der Waals surface area contributed by atoms with Crippen molar-refractivity contribution >= 4 is 17.3 Å². The standard InChI is InChI=1S/C14H14FNO2S/c1-9-12(6-7-14(17)18)19-13(16-9)8-10-2-4-11(15)5-3-10/h2-5H,6-8H2,1H3,(H,17,18). The Morgan fingerprint density at radius 1 is 1.37 bits per heavy atom. The number of aryl methyl sites for hydroxylation is 2. The van der Waals surface area contributed by atoms with Crippen molar-refractivity contribution < 1.29 is 14.3 Å². The van der Waals surface area contributed by atoms with Crippen LogP contribution in [0.5, 0.6) is 0 Å². The summed E-state index contributed by atoms with van der Waals surface area (Å²) in [5.74, 6) is -1.05. The first kappa shape index (κ1) is 13.7. The Morgan fingerprint density at radius 2 is 2.05 bits per heavy atom. The van der Waals surface area contributed by atoms with Crippen molar-refractivity contribution in [1.29, 1.82) is 0 Å². The Labute approximate surface area is 114 Å². The lowest BCUT2D eigenvalue weighted by atomic mass is 10.1. The van der Waals surface area contributed by atoms with E-state index < -0.39 is 5.97 Å². The van der Waals surface area contributed by atoms with Gasteiger partial charge in [-0.05, 0) is 31.0 Å². The lowest BCUT2D eigenvalue weighted by molar-refractivity contribution is -0.136. The van der Waals surface area contributed by atoms with Crippen molar-refractivity contribution in [3.05, 3.63) is 51.2 Å². The van der Waals surface area contributed by atoms with E-state index >= 15 is 0 Å². The molecule has 3 nitrogen and oxygen atoms in total. The summed E-state index contributed by atoms with van der Waals surface area (Å²) < 4.78 is 12.8. The smallest absolute Gasteiger partial charge is 0.303 e. The van der Waals surface area contributed by atoms with Gasteiger partial charge in [0.05, 0.1) is 17.1 Å². The summed E-state index contributed by atoms with van der Waals surface area (Å²) in [6.07, 6.45) is 1.29. The van der Waals surface area contributed by atoms with Gasteiger partial charge in [0.2, 0.25) is 0 Å². The molecule has 100 valence electrons. The van der Waals surface area contributed by atoms with Crippen LogP contribution in [0.4, 0.5) is 4.39 Å². The molecule has 0 saturated heterocycles. The number of halogens is 1. The predicted molar refractivity (Wildman–Crippen MR) is 72.0 cm³/mol. The molecule has 0 saturated carbocycles. The van der Waals surface area contributed by atoms with E-state index in [0.717, 1.165) is 21.1 Å². The Morgan fingerprint density at radius 3 is 2.68 bits per heavy atom. The first-order chi connectivity index (χ1) is 9.04. The summed E-state index contributed by atoms with van der Waals surface area (Å²) in [4.78, 5) is 16.0. The van der Waals surface area contributed by atoms with Crippen molar-refractivity contribution in [3.8, 4) is 0 Å². The molecule has 0 unspecified atom stereocenters. The number of hydrogen-bond acceptors (Lipinski definition) is 3. The fraction of sp³-hybridized carbons (Fsp3) is 0.286. The molecule has 2 aromatic rings. The summed E-state index contributed by atoms with van der Waals surface area (Å²) >= 11 is 1.53. The van der Waals surface area contributed by atoms with Crippen LogP contribution in [0.25, 0.3) is 0 Å². The van der Waals surface area contributed by atoms with E-state index in [1.54, 1.807) is 12.1 Å². The number of carboxylic acid groups (broad SMARTS) is 1. The highest BCUT2D eigenvalue weighted by Gasteiger charge is 2.09. The van der Waals surface area contributed by atoms with E-state index in [4.69, 9.17) is 5.11 Å². The first-order valence-electron chi connectivity index (χ1n) is 5.96. The van der Waals surface area contributed by atoms with Gasteiger partial charge < -0.3 is 5.11 Å². The van der Waals surface area contributed by atoms with Crippen LogP contribution in [0.1, 0.15) is 27.6 Å². The summed E-state index contributed by atoms with van der Waals surface area (Å²) in [7, 11) is 0. The normalized spacial score (nSPS) is 10.6. The van der Waals surface area contributed by atoms with Crippen LogP contribution in [0, 0.1) is 12.7 Å². The van der Waals surface area contributed by atoms with Crippen LogP contribution in [0.3, 0.4) is 0 Å². The molecule has 0 aliphatic carbocycles. The maximum atomic E-state index is 12.8. The SMILES string of the molecule is Cc1nc(Cc2ccc(F)cc2)sc1CCC(=O)O. The van der Waals surface area contributed by atoms with Gasteiger partial charge in [-0.25, -0.2) is 9.37 Å². The zero-order valence-corrected chi connectivity index (χ0v) is 11.3. The van der Waals surface area contributed by atoms with Crippen molar-refractivity contribution in [1.82, 2.24) is 4.98 Å². The molecule has 1 aromatic heterocycles. The largest absolute Gasteiger partial charge is 0.481 e. The van der Waals surface area contributed by atoms with Gasteiger partial charge in [-0.3, -0.25) is 4.79 Å². The van der Waals surface area contributed by atoms with Crippen molar-refractivity contribution in [2.24, 2.45) is 0 Å². The monoisotopic (exact) mass is 279 g/mol. The van der Waals surface area contributed by atoms with Gasteiger partial charge in [0, 0.05) is 11.3 Å². The third-order valence-corrected chi connectivity index (χ3v) is 3.99. The average molecular weight is 279 g/mol. The van der Waals surface area contributed by atoms with E-state index in [1.807, 2.05) is 6.92 Å². The molecule has 0 fully saturated rings. The molecule has 19 heavy (non-hydrogen) atoms. The summed E-state index contributed by atoms with van der Waals surface area (Å²) in [6, 6.07) is 6.34. The lowest BCUT2D eigenvalue weighted by Crippen LogP contribution is -1.96. The van der Waals surface area contributed by atoms with Gasteiger partial charge in [-0.1, -0.05) is 12.1 Å². The quantitative estimate of drug-likeness (QED) is 0.914. The molecule has 0 amide bonds. The van der Waals surface area contributed by atoms with Crippen LogP contribution >= 0.6 is 11.3 Å². The molecule has 1 N–H and O–H groups in total. The second-order valence-electron chi connectivity index (χ2n) is 4.31. The molecule has 0 atom stereocenters. The fourth-order valence-electron chi connectivity index (χ4n) is 1.79. The second kappa shape index (κ2) is 5.93. The molecule has 0 aliphatic heterocycles. The highest BCUT2D eigenvalue weighted by molar-refractivity contribution is 7.11. The van der Waals surface area contributed by atoms with Crippen molar-refractivity contribution in [2.75, 3.05) is 0 Å². The second-order valence-corrected chi connectivity index (χ2v) is 5.48. The van der Waals surface area contributed by atoms with Crippen molar-refractivity contribution in [3.63, 3.8) is 0 Å². The maximum absolute atomic E-state index is 12.8. The Kier molecular flexibility index (Phi) is 4.27. The average Bonchev–Trinajstić information content (AvgIpc) is 2.70. The molecular formula is C14H14FNO2S. The number of carboxylic acids is 1. The van der Waals surface area contributed by atoms with Gasteiger partial charge in [0.15, 0.2) is 0 Å². The molecular weight excluding hydrogens is 265 g/mol. The van der Waals surface area contributed by atoms with Gasteiger partial charge in [-0.2, -0.15) is 0 Å². The molecule has 2 rings (SSSR count). The lowest BCUT2D eigenvalue weighted by Gasteiger charge is -1.97. The molecule has 0 bridgehead atoms. The summed E-state index contributed by atoms with van der Waals surface area (Å²) in [5, 5.41) is 9.62. The van der Waals surface area contributed by atoms with Crippen LogP contribution in [0.2, 0.25) is 0 Å². The first-order valence-corrected chi connectivity index (χ1v) is 6.77. The van der Waals surface area contributed by atoms with Crippen molar-refractivity contribution in [2.45, 2.75) is 26.2 Å². The van der Waals surface area contributed by atoms with Crippen LogP contribution < -0.4 is 0 Å². The minimum absolute atomic E-state index is 0.124. The molecule has 1 heterocycles. The Bertz CT molecular complexity index is 578.